The number of allylic oxidation sites excluding steroid dienone is 4. The van der Waals surface area contributed by atoms with Gasteiger partial charge in [-0.25, -0.2) is 0 Å². The van der Waals surface area contributed by atoms with Gasteiger partial charge in [-0.15, -0.1) is 11.3 Å². The van der Waals surface area contributed by atoms with Gasteiger partial charge in [0.25, 0.3) is 0 Å². The lowest BCUT2D eigenvalue weighted by atomic mass is 9.98. The zero-order valence-electron chi connectivity index (χ0n) is 9.90. The van der Waals surface area contributed by atoms with Gasteiger partial charge in [-0.1, -0.05) is 48.6 Å². The quantitative estimate of drug-likeness (QED) is 0.646. The first-order valence-electron chi connectivity index (χ1n) is 6.06. The van der Waals surface area contributed by atoms with Crippen LogP contribution < -0.4 is 0 Å². The van der Waals surface area contributed by atoms with E-state index < -0.39 is 0 Å². The molecule has 0 spiro atoms. The normalized spacial score (nSPS) is 14.6. The Hall–Kier alpha value is -1.12. The Balaban J connectivity index is 2.13. The highest BCUT2D eigenvalue weighted by atomic mass is 79.9. The summed E-state index contributed by atoms with van der Waals surface area (Å²) >= 11 is 5.49. The van der Waals surface area contributed by atoms with Crippen molar-refractivity contribution >= 4 is 32.8 Å². The molecule has 0 bridgehead atoms. The Kier molecular flexibility index (Phi) is 3.48. The molecule has 0 radical (unpaired) electrons. The van der Waals surface area contributed by atoms with Crippen molar-refractivity contribution in [1.82, 2.24) is 0 Å². The molecular formula is C16H13BrS. The lowest BCUT2D eigenvalue weighted by Gasteiger charge is -2.09. The summed E-state index contributed by atoms with van der Waals surface area (Å²) in [5, 5.41) is 2.18. The molecule has 0 atom stereocenters. The predicted octanol–water partition coefficient (Wildman–Crippen LogP) is 5.91. The van der Waals surface area contributed by atoms with E-state index in [1.807, 2.05) is 0 Å². The highest BCUT2D eigenvalue weighted by molar-refractivity contribution is 9.10. The van der Waals surface area contributed by atoms with E-state index in [1.54, 1.807) is 11.3 Å². The zero-order valence-corrected chi connectivity index (χ0v) is 12.3. The Morgan fingerprint density at radius 3 is 2.61 bits per heavy atom. The van der Waals surface area contributed by atoms with E-state index in [9.17, 15) is 0 Å². The van der Waals surface area contributed by atoms with Crippen LogP contribution in [0.5, 0.6) is 0 Å². The Morgan fingerprint density at radius 2 is 1.89 bits per heavy atom. The van der Waals surface area contributed by atoms with Gasteiger partial charge in [0.05, 0.1) is 0 Å². The van der Waals surface area contributed by atoms with E-state index in [1.165, 1.54) is 26.0 Å². The van der Waals surface area contributed by atoms with Crippen molar-refractivity contribution in [1.29, 1.82) is 0 Å². The maximum atomic E-state index is 3.69. The molecule has 2 heteroatoms. The van der Waals surface area contributed by atoms with Crippen LogP contribution in [0, 0.1) is 0 Å². The van der Waals surface area contributed by atoms with Crippen LogP contribution in [0.3, 0.4) is 0 Å². The van der Waals surface area contributed by atoms with Crippen LogP contribution in [0.4, 0.5) is 0 Å². The fourth-order valence-corrected chi connectivity index (χ4v) is 4.00. The lowest BCUT2D eigenvalue weighted by molar-refractivity contribution is 1.04. The second kappa shape index (κ2) is 5.25. The molecule has 2 aromatic rings. The molecule has 18 heavy (non-hydrogen) atoms. The van der Waals surface area contributed by atoms with Gasteiger partial charge in [0.2, 0.25) is 0 Å². The Labute approximate surface area is 120 Å². The van der Waals surface area contributed by atoms with Crippen molar-refractivity contribution in [3.8, 4) is 10.4 Å². The third kappa shape index (κ3) is 2.23. The number of thiophene rings is 1. The molecule has 0 nitrogen and oxygen atoms in total. The molecule has 3 rings (SSSR count). The van der Waals surface area contributed by atoms with Gasteiger partial charge in [-0.2, -0.15) is 0 Å². The van der Waals surface area contributed by atoms with Crippen molar-refractivity contribution in [3.63, 3.8) is 0 Å². The van der Waals surface area contributed by atoms with Gasteiger partial charge in [-0.05, 0) is 39.9 Å². The minimum atomic E-state index is 1.14. The summed E-state index contributed by atoms with van der Waals surface area (Å²) in [4.78, 5) is 1.35. The summed E-state index contributed by atoms with van der Waals surface area (Å²) in [5.74, 6) is 0. The molecule has 0 saturated heterocycles. The number of hydrogen-bond acceptors (Lipinski definition) is 1. The van der Waals surface area contributed by atoms with E-state index in [0.717, 1.165) is 12.8 Å². The van der Waals surface area contributed by atoms with Gasteiger partial charge in [-0.3, -0.25) is 0 Å². The minimum Gasteiger partial charge on any atom is -0.142 e. The smallest absolute Gasteiger partial charge is 0.0432 e. The molecule has 0 unspecified atom stereocenters. The van der Waals surface area contributed by atoms with E-state index >= 15 is 0 Å². The summed E-state index contributed by atoms with van der Waals surface area (Å²) in [6.45, 7) is 0. The van der Waals surface area contributed by atoms with Crippen LogP contribution in [0.15, 0.2) is 58.4 Å². The molecule has 0 saturated carbocycles. The van der Waals surface area contributed by atoms with Crippen LogP contribution >= 0.6 is 27.3 Å². The number of hydrogen-bond donors (Lipinski definition) is 0. The molecule has 0 amide bonds. The standard InChI is InChI=1S/C16H13BrS/c17-14-11-18-16(13-9-5-2-6-10-13)15(14)12-7-3-1-4-8-12/h2-3,5-11H,1,4H2. The van der Waals surface area contributed by atoms with Crippen molar-refractivity contribution < 1.29 is 0 Å². The first-order valence-corrected chi connectivity index (χ1v) is 7.73. The van der Waals surface area contributed by atoms with Crippen molar-refractivity contribution in [2.75, 3.05) is 0 Å². The molecule has 0 N–H and O–H groups in total. The summed E-state index contributed by atoms with van der Waals surface area (Å²) < 4.78 is 1.20. The van der Waals surface area contributed by atoms with E-state index in [0.29, 0.717) is 0 Å². The fraction of sp³-hybridized carbons (Fsp3) is 0.125. The van der Waals surface area contributed by atoms with Gasteiger partial charge in [0.1, 0.15) is 0 Å². The van der Waals surface area contributed by atoms with Gasteiger partial charge in [0, 0.05) is 20.3 Å². The minimum absolute atomic E-state index is 1.14. The third-order valence-corrected chi connectivity index (χ3v) is 5.02. The summed E-state index contributed by atoms with van der Waals surface area (Å²) in [6, 6.07) is 10.6. The molecule has 1 heterocycles. The maximum absolute atomic E-state index is 3.69. The third-order valence-electron chi connectivity index (χ3n) is 3.07. The lowest BCUT2D eigenvalue weighted by Crippen LogP contribution is -1.87. The van der Waals surface area contributed by atoms with E-state index in [2.05, 4.69) is 69.9 Å². The largest absolute Gasteiger partial charge is 0.142 e. The predicted molar refractivity (Wildman–Crippen MR) is 83.8 cm³/mol. The molecule has 1 aliphatic carbocycles. The van der Waals surface area contributed by atoms with Crippen LogP contribution in [0.25, 0.3) is 16.0 Å². The molecule has 0 aliphatic heterocycles. The first kappa shape index (κ1) is 11.9. The summed E-state index contributed by atoms with van der Waals surface area (Å²) in [7, 11) is 0. The highest BCUT2D eigenvalue weighted by Gasteiger charge is 2.14. The van der Waals surface area contributed by atoms with Crippen molar-refractivity contribution in [3.05, 3.63) is 64.0 Å². The summed E-state index contributed by atoms with van der Waals surface area (Å²) in [6.07, 6.45) is 9.13. The van der Waals surface area contributed by atoms with Crippen LogP contribution in [0.2, 0.25) is 0 Å². The molecular weight excluding hydrogens is 304 g/mol. The molecule has 1 aliphatic rings. The van der Waals surface area contributed by atoms with Gasteiger partial charge in [0.15, 0.2) is 0 Å². The molecule has 90 valence electrons. The Bertz CT molecular complexity index is 605. The summed E-state index contributed by atoms with van der Waals surface area (Å²) in [5.41, 5.74) is 3.97. The maximum Gasteiger partial charge on any atom is 0.0432 e. The average molecular weight is 317 g/mol. The van der Waals surface area contributed by atoms with Crippen molar-refractivity contribution in [2.45, 2.75) is 12.8 Å². The molecule has 1 aromatic heterocycles. The second-order valence-electron chi connectivity index (χ2n) is 4.29. The monoisotopic (exact) mass is 316 g/mol. The topological polar surface area (TPSA) is 0 Å². The highest BCUT2D eigenvalue weighted by Crippen LogP contribution is 2.41. The number of rotatable bonds is 2. The SMILES string of the molecule is Brc1csc(-c2ccccc2)c1C1=CCCC=C1. The van der Waals surface area contributed by atoms with E-state index in [4.69, 9.17) is 0 Å². The van der Waals surface area contributed by atoms with Crippen LogP contribution in [-0.2, 0) is 0 Å². The van der Waals surface area contributed by atoms with Crippen molar-refractivity contribution in [2.24, 2.45) is 0 Å². The number of halogens is 1. The fourth-order valence-electron chi connectivity index (χ4n) is 2.21. The van der Waals surface area contributed by atoms with E-state index in [-0.39, 0.29) is 0 Å². The Morgan fingerprint density at radius 1 is 1.06 bits per heavy atom. The van der Waals surface area contributed by atoms with Crippen LogP contribution in [-0.4, -0.2) is 0 Å². The zero-order chi connectivity index (χ0) is 12.4. The van der Waals surface area contributed by atoms with Gasteiger partial charge >= 0.3 is 0 Å². The van der Waals surface area contributed by atoms with Crippen LogP contribution in [0.1, 0.15) is 18.4 Å². The second-order valence-corrected chi connectivity index (χ2v) is 6.03. The van der Waals surface area contributed by atoms with Gasteiger partial charge < -0.3 is 0 Å². The average Bonchev–Trinajstić information content (AvgIpc) is 2.83. The molecule has 1 aromatic carbocycles. The number of benzene rings is 1. The molecule has 0 fully saturated rings. The first-order chi connectivity index (χ1) is 8.86.